The Morgan fingerprint density at radius 1 is 1.03 bits per heavy atom. The standard InChI is InChI=1S/C22H31N5O2S/c30-22-26(16-19-8-6-13-28-19)21(25-10-4-1-5-11-25)23-27(22)17-24-12-14-29-20-9-3-2-7-18(20)15-24/h2-3,7,9,19H,1,4-6,8,10-17H2. The minimum absolute atomic E-state index is 0.247. The fraction of sp³-hybridized carbons (Fsp3) is 0.636. The number of rotatable bonds is 5. The van der Waals surface area contributed by atoms with Crippen molar-refractivity contribution in [1.82, 2.24) is 19.2 Å². The third-order valence-corrected chi connectivity index (χ3v) is 6.75. The minimum Gasteiger partial charge on any atom is -0.492 e. The molecule has 1 aromatic heterocycles. The molecule has 0 N–H and O–H groups in total. The lowest BCUT2D eigenvalue weighted by Crippen LogP contribution is -2.33. The first-order valence-corrected chi connectivity index (χ1v) is 11.7. The molecule has 1 unspecified atom stereocenters. The van der Waals surface area contributed by atoms with Gasteiger partial charge in [-0.3, -0.25) is 9.47 Å². The van der Waals surface area contributed by atoms with E-state index >= 15 is 0 Å². The fourth-order valence-corrected chi connectivity index (χ4v) is 4.95. The average molecular weight is 430 g/mol. The molecule has 5 rings (SSSR count). The van der Waals surface area contributed by atoms with E-state index in [1.165, 1.54) is 24.8 Å². The molecular formula is C22H31N5O2S. The maximum atomic E-state index is 5.93. The molecule has 0 bridgehead atoms. The maximum absolute atomic E-state index is 5.93. The van der Waals surface area contributed by atoms with Crippen LogP contribution in [0.1, 0.15) is 37.7 Å². The van der Waals surface area contributed by atoms with Crippen molar-refractivity contribution in [3.8, 4) is 5.75 Å². The number of benzene rings is 1. The van der Waals surface area contributed by atoms with Crippen LogP contribution in [-0.4, -0.2) is 58.2 Å². The summed E-state index contributed by atoms with van der Waals surface area (Å²) in [5.41, 5.74) is 1.22. The summed E-state index contributed by atoms with van der Waals surface area (Å²) in [7, 11) is 0. The largest absolute Gasteiger partial charge is 0.492 e. The summed E-state index contributed by atoms with van der Waals surface area (Å²) in [4.78, 5) is 4.77. The molecule has 0 saturated carbocycles. The number of anilines is 1. The van der Waals surface area contributed by atoms with Crippen molar-refractivity contribution in [1.29, 1.82) is 0 Å². The first kappa shape index (κ1) is 20.0. The number of fused-ring (bicyclic) bond motifs is 1. The predicted molar refractivity (Wildman–Crippen MR) is 118 cm³/mol. The second-order valence-corrected chi connectivity index (χ2v) is 8.89. The number of para-hydroxylation sites is 1. The van der Waals surface area contributed by atoms with Gasteiger partial charge in [0.2, 0.25) is 10.7 Å². The van der Waals surface area contributed by atoms with Crippen molar-refractivity contribution in [2.24, 2.45) is 0 Å². The molecule has 1 aromatic carbocycles. The number of aromatic nitrogens is 3. The van der Waals surface area contributed by atoms with Crippen LogP contribution in [0.3, 0.4) is 0 Å². The zero-order valence-corrected chi connectivity index (χ0v) is 18.4. The summed E-state index contributed by atoms with van der Waals surface area (Å²) in [5.74, 6) is 2.00. The molecule has 3 aliphatic heterocycles. The zero-order valence-electron chi connectivity index (χ0n) is 17.5. The Morgan fingerprint density at radius 3 is 2.73 bits per heavy atom. The van der Waals surface area contributed by atoms with Crippen LogP contribution in [0.4, 0.5) is 5.95 Å². The molecule has 4 heterocycles. The fourth-order valence-electron chi connectivity index (χ4n) is 4.69. The molecule has 2 aromatic rings. The minimum atomic E-state index is 0.247. The molecule has 1 atom stereocenters. The van der Waals surface area contributed by atoms with Gasteiger partial charge in [0, 0.05) is 38.3 Å². The number of hydrogen-bond acceptors (Lipinski definition) is 6. The Labute approximate surface area is 183 Å². The van der Waals surface area contributed by atoms with Gasteiger partial charge in [0.1, 0.15) is 12.4 Å². The summed E-state index contributed by atoms with van der Waals surface area (Å²) < 4.78 is 16.9. The highest BCUT2D eigenvalue weighted by molar-refractivity contribution is 7.71. The third-order valence-electron chi connectivity index (χ3n) is 6.32. The molecule has 0 radical (unpaired) electrons. The molecule has 8 heteroatoms. The Bertz CT molecular complexity index is 914. The van der Waals surface area contributed by atoms with Gasteiger partial charge in [-0.2, -0.15) is 0 Å². The van der Waals surface area contributed by atoms with Gasteiger partial charge in [-0.1, -0.05) is 18.2 Å². The van der Waals surface area contributed by atoms with E-state index in [9.17, 15) is 0 Å². The van der Waals surface area contributed by atoms with E-state index < -0.39 is 0 Å². The summed E-state index contributed by atoms with van der Waals surface area (Å²) >= 11 is 5.92. The van der Waals surface area contributed by atoms with Crippen molar-refractivity contribution in [3.63, 3.8) is 0 Å². The van der Waals surface area contributed by atoms with Crippen LogP contribution >= 0.6 is 12.2 Å². The SMILES string of the molecule is S=c1n(CN2CCOc3ccccc3C2)nc(N2CCCCC2)n1CC1CCCO1. The van der Waals surface area contributed by atoms with Gasteiger partial charge in [0.15, 0.2) is 0 Å². The Kier molecular flexibility index (Phi) is 6.06. The highest BCUT2D eigenvalue weighted by Crippen LogP contribution is 2.25. The second kappa shape index (κ2) is 9.08. The van der Waals surface area contributed by atoms with Crippen LogP contribution in [-0.2, 0) is 24.5 Å². The van der Waals surface area contributed by atoms with Gasteiger partial charge in [-0.25, -0.2) is 4.68 Å². The Morgan fingerprint density at radius 2 is 1.90 bits per heavy atom. The van der Waals surface area contributed by atoms with E-state index in [1.807, 2.05) is 10.7 Å². The van der Waals surface area contributed by atoms with Crippen LogP contribution < -0.4 is 9.64 Å². The molecule has 30 heavy (non-hydrogen) atoms. The van der Waals surface area contributed by atoms with Gasteiger partial charge in [-0.15, -0.1) is 5.10 Å². The summed E-state index contributed by atoms with van der Waals surface area (Å²) in [6.07, 6.45) is 6.23. The van der Waals surface area contributed by atoms with Gasteiger partial charge >= 0.3 is 0 Å². The molecule has 3 aliphatic rings. The normalized spacial score (nSPS) is 22.5. The summed E-state index contributed by atoms with van der Waals surface area (Å²) in [5, 5.41) is 5.02. The molecule has 162 valence electrons. The first-order valence-electron chi connectivity index (χ1n) is 11.3. The van der Waals surface area contributed by atoms with E-state index in [4.69, 9.17) is 26.8 Å². The quantitative estimate of drug-likeness (QED) is 0.679. The van der Waals surface area contributed by atoms with Crippen LogP contribution in [0.2, 0.25) is 0 Å². The highest BCUT2D eigenvalue weighted by atomic mass is 32.1. The average Bonchev–Trinajstić information content (AvgIpc) is 3.33. The third kappa shape index (κ3) is 4.26. The van der Waals surface area contributed by atoms with Crippen molar-refractivity contribution in [2.45, 2.75) is 58.0 Å². The zero-order chi connectivity index (χ0) is 20.3. The van der Waals surface area contributed by atoms with Gasteiger partial charge in [0.05, 0.1) is 19.3 Å². The molecule has 2 fully saturated rings. The van der Waals surface area contributed by atoms with E-state index in [0.717, 1.165) is 68.6 Å². The number of piperidine rings is 1. The van der Waals surface area contributed by atoms with Gasteiger partial charge in [-0.05, 0) is 50.4 Å². The van der Waals surface area contributed by atoms with E-state index in [2.05, 4.69) is 32.6 Å². The number of ether oxygens (including phenoxy) is 2. The van der Waals surface area contributed by atoms with Crippen LogP contribution in [0.15, 0.2) is 24.3 Å². The second-order valence-electron chi connectivity index (χ2n) is 8.53. The molecule has 0 spiro atoms. The Hall–Kier alpha value is -1.90. The molecule has 0 aliphatic carbocycles. The predicted octanol–water partition coefficient (Wildman–Crippen LogP) is 3.44. The lowest BCUT2D eigenvalue weighted by atomic mass is 10.1. The molecular weight excluding hydrogens is 398 g/mol. The van der Waals surface area contributed by atoms with E-state index in [-0.39, 0.29) is 6.10 Å². The van der Waals surface area contributed by atoms with Crippen LogP contribution in [0, 0.1) is 4.77 Å². The van der Waals surface area contributed by atoms with Crippen molar-refractivity contribution in [2.75, 3.05) is 37.7 Å². The van der Waals surface area contributed by atoms with Crippen molar-refractivity contribution < 1.29 is 9.47 Å². The van der Waals surface area contributed by atoms with Crippen molar-refractivity contribution in [3.05, 3.63) is 34.6 Å². The smallest absolute Gasteiger partial charge is 0.226 e. The van der Waals surface area contributed by atoms with E-state index in [1.54, 1.807) is 0 Å². The summed E-state index contributed by atoms with van der Waals surface area (Å²) in [6.45, 7) is 6.83. The monoisotopic (exact) mass is 429 g/mol. The van der Waals surface area contributed by atoms with Crippen molar-refractivity contribution >= 4 is 18.2 Å². The number of hydrogen-bond donors (Lipinski definition) is 0. The van der Waals surface area contributed by atoms with Crippen LogP contribution in [0.25, 0.3) is 0 Å². The molecule has 0 amide bonds. The number of nitrogens with zero attached hydrogens (tertiary/aromatic N) is 5. The highest BCUT2D eigenvalue weighted by Gasteiger charge is 2.25. The van der Waals surface area contributed by atoms with Gasteiger partial charge in [0.25, 0.3) is 0 Å². The van der Waals surface area contributed by atoms with Gasteiger partial charge < -0.3 is 14.4 Å². The maximum Gasteiger partial charge on any atom is 0.226 e. The van der Waals surface area contributed by atoms with Crippen LogP contribution in [0.5, 0.6) is 5.75 Å². The lowest BCUT2D eigenvalue weighted by Gasteiger charge is -2.28. The lowest BCUT2D eigenvalue weighted by molar-refractivity contribution is 0.0964. The van der Waals surface area contributed by atoms with E-state index in [0.29, 0.717) is 13.3 Å². The Balaban J connectivity index is 1.40. The molecule has 7 nitrogen and oxygen atoms in total. The summed E-state index contributed by atoms with van der Waals surface area (Å²) in [6, 6.07) is 8.29. The topological polar surface area (TPSA) is 47.7 Å². The molecule has 2 saturated heterocycles. The first-order chi connectivity index (χ1) is 14.8.